The van der Waals surface area contributed by atoms with Crippen LogP contribution in [-0.4, -0.2) is 30.0 Å². The van der Waals surface area contributed by atoms with E-state index in [4.69, 9.17) is 9.15 Å². The van der Waals surface area contributed by atoms with E-state index in [2.05, 4.69) is 5.32 Å². The molecule has 0 spiro atoms. The van der Waals surface area contributed by atoms with E-state index >= 15 is 0 Å². The number of carbonyl (C=O) groups excluding carboxylic acids is 2. The fourth-order valence-corrected chi connectivity index (χ4v) is 3.56. The fraction of sp³-hybridized carbons (Fsp3) is 0.304. The van der Waals surface area contributed by atoms with Gasteiger partial charge in [-0.2, -0.15) is 0 Å². The average molecular weight is 392 g/mol. The maximum absolute atomic E-state index is 13.0. The molecule has 1 aliphatic rings. The highest BCUT2D eigenvalue weighted by Gasteiger charge is 2.51. The van der Waals surface area contributed by atoms with Crippen LogP contribution >= 0.6 is 0 Å². The molecule has 1 atom stereocenters. The third-order valence-electron chi connectivity index (χ3n) is 5.32. The second-order valence-electron chi connectivity index (χ2n) is 7.63. The number of furan rings is 1. The lowest BCUT2D eigenvalue weighted by atomic mass is 9.99. The normalized spacial score (nSPS) is 19.1. The smallest absolute Gasteiger partial charge is 0.325 e. The van der Waals surface area contributed by atoms with Crippen LogP contribution in [0.25, 0.3) is 11.0 Å². The minimum atomic E-state index is -1.20. The van der Waals surface area contributed by atoms with Crippen LogP contribution in [0.1, 0.15) is 30.2 Å². The largest absolute Gasteiger partial charge is 0.493 e. The van der Waals surface area contributed by atoms with Crippen LogP contribution in [0.5, 0.6) is 5.75 Å². The molecule has 1 fully saturated rings. The van der Waals surface area contributed by atoms with E-state index in [1.165, 1.54) is 4.90 Å². The summed E-state index contributed by atoms with van der Waals surface area (Å²) in [6.45, 7) is 6.38. The first-order valence-electron chi connectivity index (χ1n) is 9.72. The molecule has 0 saturated carbocycles. The van der Waals surface area contributed by atoms with Gasteiger partial charge in [0.2, 0.25) is 0 Å². The predicted octanol–water partition coefficient (Wildman–Crippen LogP) is 4.29. The van der Waals surface area contributed by atoms with Crippen molar-refractivity contribution in [2.45, 2.75) is 32.7 Å². The van der Waals surface area contributed by atoms with Crippen molar-refractivity contribution in [2.75, 3.05) is 13.2 Å². The van der Waals surface area contributed by atoms with E-state index in [1.54, 1.807) is 13.0 Å². The molecule has 1 unspecified atom stereocenters. The van der Waals surface area contributed by atoms with Gasteiger partial charge in [0.05, 0.1) is 6.61 Å². The highest BCUT2D eigenvalue weighted by molar-refractivity contribution is 6.07. The van der Waals surface area contributed by atoms with Crippen LogP contribution in [0.15, 0.2) is 52.9 Å². The zero-order valence-electron chi connectivity index (χ0n) is 16.8. The summed E-state index contributed by atoms with van der Waals surface area (Å²) >= 11 is 0. The topological polar surface area (TPSA) is 71.8 Å². The molecule has 1 N–H and O–H groups in total. The van der Waals surface area contributed by atoms with Crippen LogP contribution in [0.3, 0.4) is 0 Å². The Labute approximate surface area is 169 Å². The van der Waals surface area contributed by atoms with Gasteiger partial charge in [-0.1, -0.05) is 30.3 Å². The van der Waals surface area contributed by atoms with Gasteiger partial charge in [0.1, 0.15) is 17.1 Å². The second-order valence-corrected chi connectivity index (χ2v) is 7.63. The third-order valence-corrected chi connectivity index (χ3v) is 5.32. The molecule has 0 radical (unpaired) electrons. The summed E-state index contributed by atoms with van der Waals surface area (Å²) in [6, 6.07) is 15.0. The van der Waals surface area contributed by atoms with Crippen molar-refractivity contribution in [1.82, 2.24) is 10.2 Å². The van der Waals surface area contributed by atoms with Crippen molar-refractivity contribution >= 4 is 22.9 Å². The van der Waals surface area contributed by atoms with E-state index in [0.29, 0.717) is 24.4 Å². The number of imide groups is 1. The van der Waals surface area contributed by atoms with Gasteiger partial charge in [-0.05, 0) is 56.5 Å². The number of hydrogen-bond acceptors (Lipinski definition) is 4. The van der Waals surface area contributed by atoms with E-state index in [1.807, 2.05) is 56.3 Å². The molecule has 1 aliphatic heterocycles. The molecule has 2 heterocycles. The molecule has 3 aromatic rings. The van der Waals surface area contributed by atoms with Crippen molar-refractivity contribution in [1.29, 1.82) is 0 Å². The summed E-state index contributed by atoms with van der Waals surface area (Å²) in [7, 11) is 0. The van der Waals surface area contributed by atoms with E-state index < -0.39 is 11.6 Å². The number of fused-ring (bicyclic) bond motifs is 1. The number of benzene rings is 2. The quantitative estimate of drug-likeness (QED) is 0.502. The molecule has 29 heavy (non-hydrogen) atoms. The first-order valence-corrected chi connectivity index (χ1v) is 9.72. The minimum Gasteiger partial charge on any atom is -0.493 e. The molecular formula is C23H24N2O4. The van der Waals surface area contributed by atoms with Gasteiger partial charge in [0, 0.05) is 11.9 Å². The number of carbonyl (C=O) groups is 2. The summed E-state index contributed by atoms with van der Waals surface area (Å²) in [5, 5.41) is 3.68. The van der Waals surface area contributed by atoms with E-state index in [9.17, 15) is 9.59 Å². The second kappa shape index (κ2) is 7.28. The number of nitrogens with zero attached hydrogens (tertiary/aromatic N) is 1. The molecule has 0 bridgehead atoms. The average Bonchev–Trinajstić information content (AvgIpc) is 3.23. The molecule has 1 saturated heterocycles. The van der Waals surface area contributed by atoms with E-state index in [-0.39, 0.29) is 12.5 Å². The highest BCUT2D eigenvalue weighted by Crippen LogP contribution is 2.33. The zero-order chi connectivity index (χ0) is 20.6. The van der Waals surface area contributed by atoms with Gasteiger partial charge in [-0.15, -0.1) is 0 Å². The molecule has 1 aromatic heterocycles. The van der Waals surface area contributed by atoms with Gasteiger partial charge in [-0.3, -0.25) is 9.69 Å². The number of nitrogens with one attached hydrogen (secondary N) is 1. The Morgan fingerprint density at radius 2 is 1.90 bits per heavy atom. The predicted molar refractivity (Wildman–Crippen MR) is 110 cm³/mol. The molecule has 3 amide bonds. The number of amides is 3. The minimum absolute atomic E-state index is 0.283. The number of urea groups is 1. The van der Waals surface area contributed by atoms with Gasteiger partial charge in [0.15, 0.2) is 5.54 Å². The standard InChI is InChI=1S/C23H24N2O4/c1-15-9-10-16(2)19(13-15)28-12-6-11-25-21(26)23(3,24-22(25)27)20-14-17-7-4-5-8-18(17)29-20/h4-5,7-10,13-14H,6,11-12H2,1-3H3,(H,24,27). The molecule has 6 heteroatoms. The molecule has 2 aromatic carbocycles. The van der Waals surface area contributed by atoms with Gasteiger partial charge in [-0.25, -0.2) is 4.79 Å². The monoisotopic (exact) mass is 392 g/mol. The fourth-order valence-electron chi connectivity index (χ4n) is 3.56. The SMILES string of the molecule is Cc1ccc(C)c(OCCCN2C(=O)NC(C)(c3cc4ccccc4o3)C2=O)c1. The van der Waals surface area contributed by atoms with E-state index in [0.717, 1.165) is 22.3 Å². The van der Waals surface area contributed by atoms with Crippen molar-refractivity contribution in [3.8, 4) is 5.75 Å². The molecule has 0 aliphatic carbocycles. The molecular weight excluding hydrogens is 368 g/mol. The summed E-state index contributed by atoms with van der Waals surface area (Å²) in [5.74, 6) is 0.953. The molecule has 4 rings (SSSR count). The van der Waals surface area contributed by atoms with Gasteiger partial charge in [0.25, 0.3) is 5.91 Å². The number of aryl methyl sites for hydroxylation is 2. The van der Waals surface area contributed by atoms with Crippen LogP contribution in [0, 0.1) is 13.8 Å². The molecule has 150 valence electrons. The summed E-state index contributed by atoms with van der Waals surface area (Å²) < 4.78 is 11.7. The Kier molecular flexibility index (Phi) is 4.78. The summed E-state index contributed by atoms with van der Waals surface area (Å²) in [6.07, 6.45) is 0.544. The number of hydrogen-bond donors (Lipinski definition) is 1. The van der Waals surface area contributed by atoms with Crippen molar-refractivity contribution in [2.24, 2.45) is 0 Å². The Morgan fingerprint density at radius 3 is 2.69 bits per heavy atom. The lowest BCUT2D eigenvalue weighted by molar-refractivity contribution is -0.131. The zero-order valence-corrected chi connectivity index (χ0v) is 16.8. The van der Waals surface area contributed by atoms with Gasteiger partial charge < -0.3 is 14.5 Å². The van der Waals surface area contributed by atoms with Crippen LogP contribution in [0.4, 0.5) is 4.79 Å². The number of para-hydroxylation sites is 1. The number of rotatable bonds is 6. The maximum atomic E-state index is 13.0. The van der Waals surface area contributed by atoms with Crippen molar-refractivity contribution < 1.29 is 18.7 Å². The molecule has 6 nitrogen and oxygen atoms in total. The maximum Gasteiger partial charge on any atom is 0.325 e. The Bertz CT molecular complexity index is 1050. The lowest BCUT2D eigenvalue weighted by Gasteiger charge is -2.19. The van der Waals surface area contributed by atoms with Gasteiger partial charge >= 0.3 is 6.03 Å². The first kappa shape index (κ1) is 19.1. The van der Waals surface area contributed by atoms with Crippen LogP contribution < -0.4 is 10.1 Å². The lowest BCUT2D eigenvalue weighted by Crippen LogP contribution is -2.40. The van der Waals surface area contributed by atoms with Crippen LogP contribution in [-0.2, 0) is 10.3 Å². The third kappa shape index (κ3) is 3.46. The summed E-state index contributed by atoms with van der Waals surface area (Å²) in [4.78, 5) is 26.7. The van der Waals surface area contributed by atoms with Crippen LogP contribution in [0.2, 0.25) is 0 Å². The Morgan fingerprint density at radius 1 is 1.10 bits per heavy atom. The Balaban J connectivity index is 1.42. The number of ether oxygens (including phenoxy) is 1. The highest BCUT2D eigenvalue weighted by atomic mass is 16.5. The summed E-state index contributed by atoms with van der Waals surface area (Å²) in [5.41, 5.74) is 1.67. The Hall–Kier alpha value is -3.28. The van der Waals surface area contributed by atoms with Crippen molar-refractivity contribution in [3.05, 3.63) is 65.4 Å². The first-order chi connectivity index (χ1) is 13.9. The van der Waals surface area contributed by atoms with Crippen molar-refractivity contribution in [3.63, 3.8) is 0 Å².